The number of pyridine rings is 1. The van der Waals surface area contributed by atoms with Crippen molar-refractivity contribution < 1.29 is 23.4 Å². The Labute approximate surface area is 189 Å². The fourth-order valence-electron chi connectivity index (χ4n) is 3.68. The van der Waals surface area contributed by atoms with E-state index in [4.69, 9.17) is 4.74 Å². The molecular weight excluding hydrogens is 428 g/mol. The predicted molar refractivity (Wildman–Crippen MR) is 119 cm³/mol. The van der Waals surface area contributed by atoms with Gasteiger partial charge in [0.25, 0.3) is 5.91 Å². The van der Waals surface area contributed by atoms with Crippen LogP contribution in [-0.2, 0) is 12.1 Å². The number of carbonyl (C=O) groups excluding carboxylic acids is 1. The molecule has 2 aromatic carbocycles. The van der Waals surface area contributed by atoms with E-state index >= 15 is 0 Å². The van der Waals surface area contributed by atoms with Crippen molar-refractivity contribution in [2.45, 2.75) is 26.0 Å². The van der Waals surface area contributed by atoms with Crippen LogP contribution >= 0.6 is 0 Å². The predicted octanol–water partition coefficient (Wildman–Crippen LogP) is 4.14. The van der Waals surface area contributed by atoms with Gasteiger partial charge in [-0.2, -0.15) is 0 Å². The lowest BCUT2D eigenvalue weighted by Crippen LogP contribution is -2.46. The minimum atomic E-state index is -1.01. The maximum absolute atomic E-state index is 14.0. The van der Waals surface area contributed by atoms with Crippen molar-refractivity contribution >= 4 is 11.6 Å². The topological polar surface area (TPSA) is 75.9 Å². The Hall–Kier alpha value is -3.78. The third-order valence-corrected chi connectivity index (χ3v) is 5.55. The van der Waals surface area contributed by atoms with Crippen molar-refractivity contribution in [3.63, 3.8) is 0 Å². The number of halogens is 2. The first-order chi connectivity index (χ1) is 15.8. The molecule has 0 bridgehead atoms. The number of aliphatic hydroxyl groups excluding tert-OH is 1. The van der Waals surface area contributed by atoms with E-state index in [1.807, 2.05) is 30.3 Å². The van der Waals surface area contributed by atoms with Gasteiger partial charge in [0.2, 0.25) is 0 Å². The van der Waals surface area contributed by atoms with Gasteiger partial charge in [-0.15, -0.1) is 0 Å². The Morgan fingerprint density at radius 3 is 2.45 bits per heavy atom. The van der Waals surface area contributed by atoms with Crippen LogP contribution in [0.4, 0.5) is 8.78 Å². The standard InChI is InChI=1S/C25H23F2N3O3/c1-16-22(24(32)29-25(2,15-31)17-8-4-3-5-9-17)30-13-7-12-21(23(30)28-16)33-14-18-19(26)10-6-11-20(18)27/h3-13,31H,14-15H2,1-2H3,(H,29,32)/t25-/m1/s1. The molecule has 170 valence electrons. The highest BCUT2D eigenvalue weighted by atomic mass is 19.1. The molecule has 0 spiro atoms. The number of aromatic nitrogens is 2. The number of nitrogens with one attached hydrogen (secondary N) is 1. The molecule has 0 saturated carbocycles. The van der Waals surface area contributed by atoms with Crippen LogP contribution in [0.25, 0.3) is 5.65 Å². The highest BCUT2D eigenvalue weighted by molar-refractivity contribution is 5.95. The molecule has 0 radical (unpaired) electrons. The number of rotatable bonds is 7. The Morgan fingerprint density at radius 1 is 1.09 bits per heavy atom. The number of fused-ring (bicyclic) bond motifs is 1. The number of carbonyl (C=O) groups is 1. The molecule has 1 atom stereocenters. The zero-order valence-electron chi connectivity index (χ0n) is 18.2. The largest absolute Gasteiger partial charge is 0.485 e. The number of aliphatic hydroxyl groups is 1. The first-order valence-electron chi connectivity index (χ1n) is 10.4. The lowest BCUT2D eigenvalue weighted by atomic mass is 9.92. The van der Waals surface area contributed by atoms with E-state index in [1.165, 1.54) is 6.07 Å². The summed E-state index contributed by atoms with van der Waals surface area (Å²) in [7, 11) is 0. The fraction of sp³-hybridized carbons (Fsp3) is 0.200. The highest BCUT2D eigenvalue weighted by Gasteiger charge is 2.30. The van der Waals surface area contributed by atoms with E-state index < -0.39 is 23.1 Å². The molecule has 2 heterocycles. The van der Waals surface area contributed by atoms with Crippen molar-refractivity contribution in [3.05, 3.63) is 101 Å². The average Bonchev–Trinajstić information content (AvgIpc) is 3.16. The van der Waals surface area contributed by atoms with Gasteiger partial charge in [0.1, 0.15) is 23.9 Å². The number of benzene rings is 2. The molecule has 2 aromatic heterocycles. The second kappa shape index (κ2) is 8.99. The molecule has 0 aliphatic carbocycles. The Balaban J connectivity index is 1.64. The average molecular weight is 451 g/mol. The zero-order valence-corrected chi connectivity index (χ0v) is 18.2. The normalized spacial score (nSPS) is 13.0. The summed E-state index contributed by atoms with van der Waals surface area (Å²) in [5.74, 6) is -1.57. The van der Waals surface area contributed by atoms with E-state index in [0.717, 1.165) is 17.7 Å². The van der Waals surface area contributed by atoms with E-state index in [9.17, 15) is 18.7 Å². The van der Waals surface area contributed by atoms with Crippen LogP contribution in [0.15, 0.2) is 66.9 Å². The molecule has 0 aliphatic rings. The van der Waals surface area contributed by atoms with Crippen LogP contribution in [0.2, 0.25) is 0 Å². The van der Waals surface area contributed by atoms with Gasteiger partial charge in [-0.25, -0.2) is 13.8 Å². The van der Waals surface area contributed by atoms with Gasteiger partial charge in [0.05, 0.1) is 23.4 Å². The summed E-state index contributed by atoms with van der Waals surface area (Å²) >= 11 is 0. The van der Waals surface area contributed by atoms with Crippen LogP contribution in [-0.4, -0.2) is 27.0 Å². The summed E-state index contributed by atoms with van der Waals surface area (Å²) in [6, 6.07) is 16.0. The highest BCUT2D eigenvalue weighted by Crippen LogP contribution is 2.26. The summed E-state index contributed by atoms with van der Waals surface area (Å²) in [6.07, 6.45) is 1.65. The fourth-order valence-corrected chi connectivity index (χ4v) is 3.68. The molecule has 8 heteroatoms. The first-order valence-corrected chi connectivity index (χ1v) is 10.4. The maximum atomic E-state index is 14.0. The van der Waals surface area contributed by atoms with Gasteiger partial charge in [0, 0.05) is 6.20 Å². The third kappa shape index (κ3) is 4.29. The molecule has 1 amide bonds. The molecule has 0 unspecified atom stereocenters. The van der Waals surface area contributed by atoms with Gasteiger partial charge in [-0.05, 0) is 43.7 Å². The summed E-state index contributed by atoms with van der Waals surface area (Å²) in [5, 5.41) is 12.9. The molecule has 2 N–H and O–H groups in total. The molecular formula is C25H23F2N3O3. The van der Waals surface area contributed by atoms with Gasteiger partial charge in [-0.1, -0.05) is 36.4 Å². The Morgan fingerprint density at radius 2 is 1.79 bits per heavy atom. The number of amides is 1. The molecule has 6 nitrogen and oxygen atoms in total. The summed E-state index contributed by atoms with van der Waals surface area (Å²) in [5.41, 5.74) is 0.593. The first kappa shape index (κ1) is 22.4. The molecule has 4 aromatic rings. The number of nitrogens with zero attached hydrogens (tertiary/aromatic N) is 2. The van der Waals surface area contributed by atoms with E-state index in [-0.39, 0.29) is 30.2 Å². The number of hydrogen-bond acceptors (Lipinski definition) is 4. The van der Waals surface area contributed by atoms with E-state index in [2.05, 4.69) is 10.3 Å². The number of hydrogen-bond donors (Lipinski definition) is 2. The lowest BCUT2D eigenvalue weighted by Gasteiger charge is -2.29. The molecule has 4 rings (SSSR count). The Kier molecular flexibility index (Phi) is 6.11. The minimum absolute atomic E-state index is 0.192. The van der Waals surface area contributed by atoms with Crippen LogP contribution in [0.1, 0.15) is 34.2 Å². The van der Waals surface area contributed by atoms with Gasteiger partial charge < -0.3 is 15.2 Å². The second-order valence-corrected chi connectivity index (χ2v) is 7.91. The zero-order chi connectivity index (χ0) is 23.6. The monoisotopic (exact) mass is 451 g/mol. The van der Waals surface area contributed by atoms with E-state index in [0.29, 0.717) is 11.3 Å². The quantitative estimate of drug-likeness (QED) is 0.443. The number of ether oxygens (including phenoxy) is 1. The summed E-state index contributed by atoms with van der Waals surface area (Å²) < 4.78 is 35.1. The number of aryl methyl sites for hydroxylation is 1. The third-order valence-electron chi connectivity index (χ3n) is 5.55. The van der Waals surface area contributed by atoms with Crippen LogP contribution in [0.5, 0.6) is 5.75 Å². The van der Waals surface area contributed by atoms with E-state index in [1.54, 1.807) is 36.6 Å². The smallest absolute Gasteiger partial charge is 0.270 e. The van der Waals surface area contributed by atoms with Crippen molar-refractivity contribution in [2.24, 2.45) is 0 Å². The summed E-state index contributed by atoms with van der Waals surface area (Å²) in [6.45, 7) is 2.78. The van der Waals surface area contributed by atoms with Crippen molar-refractivity contribution in [3.8, 4) is 5.75 Å². The molecule has 0 fully saturated rings. The summed E-state index contributed by atoms with van der Waals surface area (Å²) in [4.78, 5) is 17.7. The molecule has 33 heavy (non-hydrogen) atoms. The lowest BCUT2D eigenvalue weighted by molar-refractivity contribution is 0.0843. The maximum Gasteiger partial charge on any atom is 0.270 e. The van der Waals surface area contributed by atoms with Gasteiger partial charge >= 0.3 is 0 Å². The van der Waals surface area contributed by atoms with Crippen molar-refractivity contribution in [2.75, 3.05) is 6.61 Å². The van der Waals surface area contributed by atoms with Gasteiger partial charge in [-0.3, -0.25) is 9.20 Å². The van der Waals surface area contributed by atoms with Crippen molar-refractivity contribution in [1.82, 2.24) is 14.7 Å². The Bertz CT molecular complexity index is 1290. The SMILES string of the molecule is Cc1nc2c(OCc3c(F)cccc3F)cccn2c1C(=O)N[C@](C)(CO)c1ccccc1. The molecule has 0 aliphatic heterocycles. The molecule has 0 saturated heterocycles. The second-order valence-electron chi connectivity index (χ2n) is 7.91. The van der Waals surface area contributed by atoms with Crippen molar-refractivity contribution in [1.29, 1.82) is 0 Å². The van der Waals surface area contributed by atoms with Crippen LogP contribution in [0.3, 0.4) is 0 Å². The van der Waals surface area contributed by atoms with Crippen LogP contribution in [0, 0.1) is 18.6 Å². The van der Waals surface area contributed by atoms with Gasteiger partial charge in [0.15, 0.2) is 11.4 Å². The minimum Gasteiger partial charge on any atom is -0.485 e. The number of imidazole rings is 1. The van der Waals surface area contributed by atoms with Crippen LogP contribution < -0.4 is 10.1 Å².